The van der Waals surface area contributed by atoms with Gasteiger partial charge < -0.3 is 5.11 Å². The molecule has 2 rings (SSSR count). The third-order valence-corrected chi connectivity index (χ3v) is 8.46. The predicted octanol–water partition coefficient (Wildman–Crippen LogP) is -1.41. The predicted molar refractivity (Wildman–Crippen MR) is 76.2 cm³/mol. The van der Waals surface area contributed by atoms with E-state index in [2.05, 4.69) is 0 Å². The van der Waals surface area contributed by atoms with Gasteiger partial charge in [-0.15, -0.1) is 0 Å². The lowest BCUT2D eigenvalue weighted by Crippen LogP contribution is -2.54. The fourth-order valence-electron chi connectivity index (χ4n) is 2.71. The third-order valence-electron chi connectivity index (χ3n) is 4.15. The van der Waals surface area contributed by atoms with E-state index in [1.165, 1.54) is 4.31 Å². The van der Waals surface area contributed by atoms with Gasteiger partial charge in [-0.05, 0) is 13.3 Å². The molecule has 0 saturated carbocycles. The number of sulfone groups is 1. The summed E-state index contributed by atoms with van der Waals surface area (Å²) < 4.78 is 49.0. The first-order valence-corrected chi connectivity index (χ1v) is 10.1. The summed E-state index contributed by atoms with van der Waals surface area (Å²) in [5.74, 6) is -1.32. The number of hydrogen-bond donors (Lipinski definition) is 1. The summed E-state index contributed by atoms with van der Waals surface area (Å²) in [6, 6.07) is -0.651. The van der Waals surface area contributed by atoms with E-state index in [-0.39, 0.29) is 31.0 Å². The van der Waals surface area contributed by atoms with Crippen LogP contribution in [0.25, 0.3) is 0 Å². The molecule has 10 heteroatoms. The first-order valence-electron chi connectivity index (χ1n) is 6.80. The van der Waals surface area contributed by atoms with Crippen molar-refractivity contribution in [1.29, 1.82) is 0 Å². The maximum Gasteiger partial charge on any atom is 0.320 e. The van der Waals surface area contributed by atoms with E-state index < -0.39 is 37.1 Å². The number of aliphatic carboxylic acids is 1. The molecule has 0 aliphatic carbocycles. The Labute approximate surface area is 124 Å². The van der Waals surface area contributed by atoms with Crippen molar-refractivity contribution in [2.75, 3.05) is 37.7 Å². The van der Waals surface area contributed by atoms with Crippen molar-refractivity contribution in [2.24, 2.45) is 0 Å². The van der Waals surface area contributed by atoms with Gasteiger partial charge in [0.25, 0.3) is 0 Å². The normalized spacial score (nSPS) is 29.3. The van der Waals surface area contributed by atoms with Crippen LogP contribution in [0.5, 0.6) is 0 Å². The first kappa shape index (κ1) is 16.7. The van der Waals surface area contributed by atoms with Crippen LogP contribution in [0.3, 0.4) is 0 Å². The van der Waals surface area contributed by atoms with Crippen molar-refractivity contribution >= 4 is 25.8 Å². The summed E-state index contributed by atoms with van der Waals surface area (Å²) in [5, 5.41) is 8.09. The number of piperazine rings is 1. The lowest BCUT2D eigenvalue weighted by molar-refractivity contribution is -0.143. The molecule has 2 aliphatic rings. The minimum atomic E-state index is -3.62. The molecule has 0 radical (unpaired) electrons. The van der Waals surface area contributed by atoms with Crippen LogP contribution in [0.1, 0.15) is 13.3 Å². The van der Waals surface area contributed by atoms with E-state index in [1.807, 2.05) is 0 Å². The van der Waals surface area contributed by atoms with E-state index in [1.54, 1.807) is 11.8 Å². The second kappa shape index (κ2) is 5.82. The van der Waals surface area contributed by atoms with Gasteiger partial charge >= 0.3 is 5.97 Å². The molecule has 1 N–H and O–H groups in total. The molecule has 122 valence electrons. The molecule has 0 aromatic heterocycles. The van der Waals surface area contributed by atoms with Crippen LogP contribution < -0.4 is 0 Å². The SMILES string of the molecule is CC(C(=O)O)N1CCN(S(=O)(=O)C2CCS(=O)(=O)C2)CC1. The highest BCUT2D eigenvalue weighted by Gasteiger charge is 2.41. The molecule has 8 nitrogen and oxygen atoms in total. The van der Waals surface area contributed by atoms with E-state index in [0.29, 0.717) is 13.1 Å². The Balaban J connectivity index is 2.00. The van der Waals surface area contributed by atoms with Crippen molar-refractivity contribution in [3.05, 3.63) is 0 Å². The zero-order chi connectivity index (χ0) is 15.8. The summed E-state index contributed by atoms with van der Waals surface area (Å²) in [6.07, 6.45) is 0.149. The van der Waals surface area contributed by atoms with E-state index in [4.69, 9.17) is 5.11 Å². The number of sulfonamides is 1. The van der Waals surface area contributed by atoms with Crippen molar-refractivity contribution in [3.63, 3.8) is 0 Å². The monoisotopic (exact) mass is 340 g/mol. The lowest BCUT2D eigenvalue weighted by atomic mass is 10.2. The average molecular weight is 340 g/mol. The van der Waals surface area contributed by atoms with Gasteiger partial charge in [0.1, 0.15) is 6.04 Å². The van der Waals surface area contributed by atoms with Crippen molar-refractivity contribution in [3.8, 4) is 0 Å². The van der Waals surface area contributed by atoms with Crippen molar-refractivity contribution in [2.45, 2.75) is 24.6 Å². The first-order chi connectivity index (χ1) is 9.63. The molecule has 0 spiro atoms. The quantitative estimate of drug-likeness (QED) is 0.669. The second-order valence-corrected chi connectivity index (χ2v) is 9.96. The average Bonchev–Trinajstić information content (AvgIpc) is 2.79. The van der Waals surface area contributed by atoms with E-state index in [9.17, 15) is 21.6 Å². The zero-order valence-electron chi connectivity index (χ0n) is 11.8. The molecule has 0 amide bonds. The summed E-state index contributed by atoms with van der Waals surface area (Å²) in [6.45, 7) is 2.65. The maximum atomic E-state index is 12.4. The Bertz CT molecular complexity index is 607. The van der Waals surface area contributed by atoms with Gasteiger partial charge in [-0.25, -0.2) is 16.8 Å². The Hall–Kier alpha value is -0.710. The van der Waals surface area contributed by atoms with Gasteiger partial charge in [-0.2, -0.15) is 4.31 Å². The van der Waals surface area contributed by atoms with Crippen molar-refractivity contribution < 1.29 is 26.7 Å². The van der Waals surface area contributed by atoms with Crippen LogP contribution in [-0.4, -0.2) is 86.1 Å². The van der Waals surface area contributed by atoms with E-state index >= 15 is 0 Å². The number of carbonyl (C=O) groups is 1. The molecule has 0 aromatic carbocycles. The number of rotatable bonds is 4. The highest BCUT2D eigenvalue weighted by molar-refractivity contribution is 7.95. The highest BCUT2D eigenvalue weighted by atomic mass is 32.2. The Morgan fingerprint density at radius 3 is 2.24 bits per heavy atom. The van der Waals surface area contributed by atoms with Crippen LogP contribution in [-0.2, 0) is 24.7 Å². The minimum Gasteiger partial charge on any atom is -0.480 e. The van der Waals surface area contributed by atoms with Crippen LogP contribution >= 0.6 is 0 Å². The van der Waals surface area contributed by atoms with Gasteiger partial charge in [0.2, 0.25) is 10.0 Å². The number of nitrogens with zero attached hydrogens (tertiary/aromatic N) is 2. The highest BCUT2D eigenvalue weighted by Crippen LogP contribution is 2.23. The minimum absolute atomic E-state index is 0.0765. The molecule has 2 unspecified atom stereocenters. The van der Waals surface area contributed by atoms with E-state index in [0.717, 1.165) is 0 Å². The fourth-order valence-corrected chi connectivity index (χ4v) is 7.22. The Morgan fingerprint density at radius 1 is 1.24 bits per heavy atom. The van der Waals surface area contributed by atoms with Gasteiger partial charge in [0, 0.05) is 26.2 Å². The lowest BCUT2D eigenvalue weighted by Gasteiger charge is -2.36. The largest absolute Gasteiger partial charge is 0.480 e. The zero-order valence-corrected chi connectivity index (χ0v) is 13.4. The molecule has 2 heterocycles. The molecule has 2 saturated heterocycles. The Morgan fingerprint density at radius 2 is 1.81 bits per heavy atom. The molecule has 21 heavy (non-hydrogen) atoms. The number of hydrogen-bond acceptors (Lipinski definition) is 6. The molecular weight excluding hydrogens is 320 g/mol. The summed E-state index contributed by atoms with van der Waals surface area (Å²) in [5.41, 5.74) is 0. The molecule has 2 fully saturated rings. The summed E-state index contributed by atoms with van der Waals surface area (Å²) in [4.78, 5) is 12.6. The smallest absolute Gasteiger partial charge is 0.320 e. The summed E-state index contributed by atoms with van der Waals surface area (Å²) >= 11 is 0. The van der Waals surface area contributed by atoms with Gasteiger partial charge in [-0.1, -0.05) is 0 Å². The molecule has 2 aliphatic heterocycles. The topological polar surface area (TPSA) is 112 Å². The second-order valence-electron chi connectivity index (χ2n) is 5.52. The standard InChI is InChI=1S/C11H20N2O6S2/c1-9(11(14)15)12-3-5-13(6-4-12)21(18,19)10-2-7-20(16,17)8-10/h9-10H,2-8H2,1H3,(H,14,15). The number of carboxylic acids is 1. The van der Waals surface area contributed by atoms with Crippen LogP contribution in [0, 0.1) is 0 Å². The molecule has 2 atom stereocenters. The maximum absolute atomic E-state index is 12.4. The van der Waals surface area contributed by atoms with Crippen LogP contribution in [0.15, 0.2) is 0 Å². The fraction of sp³-hybridized carbons (Fsp3) is 0.909. The van der Waals surface area contributed by atoms with Crippen LogP contribution in [0.4, 0.5) is 0 Å². The molecular formula is C11H20N2O6S2. The van der Waals surface area contributed by atoms with Gasteiger partial charge in [-0.3, -0.25) is 9.69 Å². The van der Waals surface area contributed by atoms with Crippen molar-refractivity contribution in [1.82, 2.24) is 9.21 Å². The number of carboxylic acid groups (broad SMARTS) is 1. The van der Waals surface area contributed by atoms with Crippen LogP contribution in [0.2, 0.25) is 0 Å². The summed E-state index contributed by atoms with van der Waals surface area (Å²) in [7, 11) is -6.87. The Kier molecular flexibility index (Phi) is 4.62. The van der Waals surface area contributed by atoms with Gasteiger partial charge in [0.05, 0.1) is 16.8 Å². The van der Waals surface area contributed by atoms with Gasteiger partial charge in [0.15, 0.2) is 9.84 Å². The molecule has 0 aromatic rings. The third kappa shape index (κ3) is 3.55. The molecule has 0 bridgehead atoms.